The van der Waals surface area contributed by atoms with Gasteiger partial charge in [0.2, 0.25) is 0 Å². The van der Waals surface area contributed by atoms with Crippen molar-refractivity contribution >= 4 is 27.2 Å². The predicted octanol–water partition coefficient (Wildman–Crippen LogP) is 3.96. The fourth-order valence-corrected chi connectivity index (χ4v) is 4.95. The molecule has 0 radical (unpaired) electrons. The lowest BCUT2D eigenvalue weighted by atomic mass is 9.85. The molecular formula is C17H19NOS. The number of hydrogen-bond donors (Lipinski definition) is 0. The average molecular weight is 285 g/mol. The minimum absolute atomic E-state index is 0.233. The summed E-state index contributed by atoms with van der Waals surface area (Å²) in [6.45, 7) is 0. The van der Waals surface area contributed by atoms with E-state index in [9.17, 15) is 4.79 Å². The molecule has 2 aliphatic heterocycles. The Hall–Kier alpha value is -1.19. The second-order valence-corrected chi connectivity index (χ2v) is 7.14. The van der Waals surface area contributed by atoms with Gasteiger partial charge in [-0.05, 0) is 55.6 Å². The summed E-state index contributed by atoms with van der Waals surface area (Å²) in [7, 11) is 2.23. The van der Waals surface area contributed by atoms with Crippen LogP contribution in [0.1, 0.15) is 36.0 Å². The van der Waals surface area contributed by atoms with E-state index < -0.39 is 0 Å². The molecule has 2 nitrogen and oxygen atoms in total. The Bertz CT molecular complexity index is 648. The third-order valence-electron chi connectivity index (χ3n) is 5.21. The highest BCUT2D eigenvalue weighted by Crippen LogP contribution is 2.39. The van der Waals surface area contributed by atoms with E-state index in [-0.39, 0.29) is 5.92 Å². The monoisotopic (exact) mass is 285 g/mol. The largest absolute Gasteiger partial charge is 0.300 e. The number of carbonyl (C=O) groups excluding carboxylic acids is 1. The summed E-state index contributed by atoms with van der Waals surface area (Å²) in [5, 5.41) is 3.29. The number of thiophene rings is 1. The molecule has 2 aliphatic rings. The quantitative estimate of drug-likeness (QED) is 0.779. The molecule has 0 N–H and O–H groups in total. The van der Waals surface area contributed by atoms with Gasteiger partial charge >= 0.3 is 0 Å². The Morgan fingerprint density at radius 2 is 1.95 bits per heavy atom. The molecule has 0 saturated carbocycles. The van der Waals surface area contributed by atoms with Gasteiger partial charge in [0, 0.05) is 28.3 Å². The van der Waals surface area contributed by atoms with Crippen LogP contribution >= 0.6 is 11.3 Å². The fraction of sp³-hybridized carbons (Fsp3) is 0.471. The highest BCUT2D eigenvalue weighted by molar-refractivity contribution is 7.17. The lowest BCUT2D eigenvalue weighted by molar-refractivity contribution is 0.0769. The molecule has 2 saturated heterocycles. The number of fused-ring (bicyclic) bond motifs is 3. The van der Waals surface area contributed by atoms with E-state index in [0.29, 0.717) is 17.9 Å². The van der Waals surface area contributed by atoms with Gasteiger partial charge < -0.3 is 4.90 Å². The first-order chi connectivity index (χ1) is 9.74. The number of ketones is 1. The Morgan fingerprint density at radius 1 is 1.20 bits per heavy atom. The van der Waals surface area contributed by atoms with E-state index in [1.54, 1.807) is 11.3 Å². The van der Waals surface area contributed by atoms with E-state index in [2.05, 4.69) is 29.5 Å². The molecular weight excluding hydrogens is 266 g/mol. The van der Waals surface area contributed by atoms with Gasteiger partial charge in [-0.15, -0.1) is 11.3 Å². The molecule has 0 spiro atoms. The van der Waals surface area contributed by atoms with E-state index in [0.717, 1.165) is 18.4 Å². The summed E-state index contributed by atoms with van der Waals surface area (Å²) in [5.74, 6) is 0.611. The van der Waals surface area contributed by atoms with Crippen molar-refractivity contribution in [2.45, 2.75) is 37.8 Å². The van der Waals surface area contributed by atoms with Crippen LogP contribution in [0, 0.1) is 5.92 Å². The van der Waals surface area contributed by atoms with Crippen LogP contribution in [0.2, 0.25) is 0 Å². The number of benzene rings is 1. The van der Waals surface area contributed by atoms with Crippen molar-refractivity contribution in [1.29, 1.82) is 0 Å². The molecule has 0 amide bonds. The van der Waals surface area contributed by atoms with E-state index >= 15 is 0 Å². The smallest absolute Gasteiger partial charge is 0.167 e. The van der Waals surface area contributed by atoms with Gasteiger partial charge in [0.25, 0.3) is 0 Å². The van der Waals surface area contributed by atoms with E-state index in [4.69, 9.17) is 0 Å². The van der Waals surface area contributed by atoms with Gasteiger partial charge in [-0.2, -0.15) is 0 Å². The van der Waals surface area contributed by atoms with Gasteiger partial charge in [0.15, 0.2) is 5.78 Å². The lowest BCUT2D eigenvalue weighted by Crippen LogP contribution is -2.42. The summed E-state index contributed by atoms with van der Waals surface area (Å²) < 4.78 is 1.17. The lowest BCUT2D eigenvalue weighted by Gasteiger charge is -2.35. The van der Waals surface area contributed by atoms with Crippen LogP contribution in [0.25, 0.3) is 10.1 Å². The zero-order valence-corrected chi connectivity index (χ0v) is 12.5. The van der Waals surface area contributed by atoms with Crippen LogP contribution in [0.4, 0.5) is 0 Å². The molecule has 1 aromatic heterocycles. The third-order valence-corrected chi connectivity index (χ3v) is 6.18. The molecule has 2 fully saturated rings. The summed E-state index contributed by atoms with van der Waals surface area (Å²) >= 11 is 1.69. The highest BCUT2D eigenvalue weighted by Gasteiger charge is 2.41. The molecule has 0 aliphatic carbocycles. The van der Waals surface area contributed by atoms with Gasteiger partial charge in [-0.25, -0.2) is 0 Å². The Morgan fingerprint density at radius 3 is 2.70 bits per heavy atom. The maximum atomic E-state index is 12.9. The van der Waals surface area contributed by atoms with Crippen molar-refractivity contribution in [3.63, 3.8) is 0 Å². The molecule has 3 heterocycles. The normalized spacial score (nSPS) is 29.9. The number of nitrogens with zero attached hydrogens (tertiary/aromatic N) is 1. The van der Waals surface area contributed by atoms with Crippen molar-refractivity contribution in [2.75, 3.05) is 7.05 Å². The van der Waals surface area contributed by atoms with Crippen molar-refractivity contribution in [3.8, 4) is 0 Å². The summed E-state index contributed by atoms with van der Waals surface area (Å²) in [6.07, 6.45) is 4.64. The molecule has 20 heavy (non-hydrogen) atoms. The maximum Gasteiger partial charge on any atom is 0.167 e. The van der Waals surface area contributed by atoms with Crippen LogP contribution < -0.4 is 0 Å². The van der Waals surface area contributed by atoms with Gasteiger partial charge in [-0.3, -0.25) is 4.79 Å². The van der Waals surface area contributed by atoms with E-state index in [1.165, 1.54) is 22.9 Å². The van der Waals surface area contributed by atoms with Gasteiger partial charge in [0.05, 0.1) is 0 Å². The first-order valence-electron chi connectivity index (χ1n) is 7.46. The number of Topliss-reactive ketones (excluding diaryl/α,β-unsaturated/α-hetero) is 1. The zero-order chi connectivity index (χ0) is 13.7. The topological polar surface area (TPSA) is 20.3 Å². The first-order valence-corrected chi connectivity index (χ1v) is 8.34. The van der Waals surface area contributed by atoms with Crippen LogP contribution in [0.3, 0.4) is 0 Å². The summed E-state index contributed by atoms with van der Waals surface area (Å²) in [4.78, 5) is 15.4. The van der Waals surface area contributed by atoms with Gasteiger partial charge in [0.1, 0.15) is 0 Å². The van der Waals surface area contributed by atoms with Gasteiger partial charge in [-0.1, -0.05) is 12.1 Å². The Kier molecular flexibility index (Phi) is 2.93. The molecule has 104 valence electrons. The summed E-state index contributed by atoms with van der Waals surface area (Å²) in [6, 6.07) is 9.50. The predicted molar refractivity (Wildman–Crippen MR) is 83.5 cm³/mol. The molecule has 2 atom stereocenters. The number of hydrogen-bond acceptors (Lipinski definition) is 3. The van der Waals surface area contributed by atoms with Crippen LogP contribution in [0.15, 0.2) is 29.6 Å². The second-order valence-electron chi connectivity index (χ2n) is 6.23. The number of carbonyl (C=O) groups is 1. The molecule has 2 bridgehead atoms. The molecule has 3 heteroatoms. The van der Waals surface area contributed by atoms with Crippen molar-refractivity contribution in [2.24, 2.45) is 5.92 Å². The van der Waals surface area contributed by atoms with Crippen LogP contribution in [-0.4, -0.2) is 29.8 Å². The average Bonchev–Trinajstić information content (AvgIpc) is 2.99. The fourth-order valence-electron chi connectivity index (χ4n) is 4.03. The van der Waals surface area contributed by atoms with Crippen molar-refractivity contribution in [1.82, 2.24) is 4.90 Å². The zero-order valence-electron chi connectivity index (χ0n) is 11.7. The second kappa shape index (κ2) is 4.68. The third kappa shape index (κ3) is 1.84. The minimum atomic E-state index is 0.233. The highest BCUT2D eigenvalue weighted by atomic mass is 32.1. The van der Waals surface area contributed by atoms with Crippen molar-refractivity contribution < 1.29 is 4.79 Å². The van der Waals surface area contributed by atoms with Crippen molar-refractivity contribution in [3.05, 3.63) is 35.2 Å². The molecule has 1 aromatic carbocycles. The molecule has 4 rings (SSSR count). The number of rotatable bonds is 2. The first kappa shape index (κ1) is 12.5. The SMILES string of the molecule is CN1C2CCC1CC(C(=O)c1cccc3ccsc13)C2. The number of piperidine rings is 1. The standard InChI is InChI=1S/C17H19NOS/c1-18-13-5-6-14(18)10-12(9-13)16(19)15-4-2-3-11-7-8-20-17(11)15/h2-4,7-8,12-14H,5-6,9-10H2,1H3. The van der Waals surface area contributed by atoms with Crippen LogP contribution in [0.5, 0.6) is 0 Å². The minimum Gasteiger partial charge on any atom is -0.300 e. The Balaban J connectivity index is 1.66. The molecule has 2 unspecified atom stereocenters. The summed E-state index contributed by atoms with van der Waals surface area (Å²) in [5.41, 5.74) is 0.950. The maximum absolute atomic E-state index is 12.9. The molecule has 2 aromatic rings. The van der Waals surface area contributed by atoms with Crippen LogP contribution in [-0.2, 0) is 0 Å². The van der Waals surface area contributed by atoms with E-state index in [1.807, 2.05) is 12.1 Å². The Labute approximate surface area is 123 Å².